The van der Waals surface area contributed by atoms with Gasteiger partial charge in [0, 0.05) is 61.1 Å². The van der Waals surface area contributed by atoms with Gasteiger partial charge in [0.1, 0.15) is 58.9 Å². The normalized spacial score (nSPS) is 34.8. The molecule has 2 N–H and O–H groups in total. The maximum atomic E-state index is 14.1. The topological polar surface area (TPSA) is 240 Å². The predicted molar refractivity (Wildman–Crippen MR) is 326 cm³/mol. The van der Waals surface area contributed by atoms with E-state index in [2.05, 4.69) is 23.2 Å². The summed E-state index contributed by atoms with van der Waals surface area (Å²) in [5, 5.41) is 5.79. The molecule has 2 aromatic heterocycles. The maximum absolute atomic E-state index is 14.1. The molecule has 13 rings (SSSR count). The summed E-state index contributed by atoms with van der Waals surface area (Å²) in [6.45, 7) is 17.5. The molecule has 4 amide bonds. The van der Waals surface area contributed by atoms with E-state index >= 15 is 0 Å². The van der Waals surface area contributed by atoms with Crippen molar-refractivity contribution in [3.63, 3.8) is 0 Å². The molecule has 7 fully saturated rings. The van der Waals surface area contributed by atoms with E-state index in [1.165, 1.54) is 16.2 Å². The molecule has 2 saturated heterocycles. The number of fused-ring (bicyclic) bond motifs is 16. The number of carbonyl (C=O) groups is 4. The van der Waals surface area contributed by atoms with Gasteiger partial charge >= 0.3 is 12.2 Å². The number of hydrogen-bond acceptors (Lipinski definition) is 16. The third kappa shape index (κ3) is 13.6. The quantitative estimate of drug-likeness (QED) is 0.181. The fraction of sp³-hybridized carbons (Fsp3) is 0.676. The van der Waals surface area contributed by atoms with Crippen LogP contribution in [-0.2, 0) is 65.8 Å². The van der Waals surface area contributed by atoms with Crippen LogP contribution in [0.5, 0.6) is 23.3 Å². The van der Waals surface area contributed by atoms with Crippen LogP contribution in [0, 0.1) is 58.2 Å². The van der Waals surface area contributed by atoms with Crippen molar-refractivity contribution in [2.75, 3.05) is 27.3 Å². The van der Waals surface area contributed by atoms with E-state index < -0.39 is 65.0 Å². The summed E-state index contributed by atoms with van der Waals surface area (Å²) in [6.07, 6.45) is 15.1. The van der Waals surface area contributed by atoms with Crippen LogP contribution in [-0.4, -0.2) is 142 Å². The van der Waals surface area contributed by atoms with Crippen molar-refractivity contribution < 1.29 is 94.3 Å². The number of methoxy groups -OCH3 is 2. The van der Waals surface area contributed by atoms with Crippen LogP contribution in [0.15, 0.2) is 36.4 Å². The summed E-state index contributed by atoms with van der Waals surface area (Å²) < 4.78 is 36.3. The second kappa shape index (κ2) is 26.4. The zero-order valence-electron chi connectivity index (χ0n) is 53.9. The van der Waals surface area contributed by atoms with Gasteiger partial charge < -0.3 is 58.4 Å². The molecule has 5 saturated carbocycles. The largest absolute Gasteiger partial charge is 0.540 e. The minimum atomic E-state index is -0.908. The van der Waals surface area contributed by atoms with E-state index in [1.807, 2.05) is 98.7 Å². The van der Waals surface area contributed by atoms with Crippen molar-refractivity contribution in [1.82, 2.24) is 40.4 Å². The summed E-state index contributed by atoms with van der Waals surface area (Å²) in [6, 6.07) is 7.85. The third-order valence-electron chi connectivity index (χ3n) is 21.4. The average Bonchev–Trinajstić information content (AvgIpc) is 1.68. The number of carbonyl (C=O) groups excluding carboxylic acids is 6. The fourth-order valence-corrected chi connectivity index (χ4v) is 15.7. The molecule has 22 heteroatoms. The Hall–Kier alpha value is -5.69. The third-order valence-corrected chi connectivity index (χ3v) is 21.4. The van der Waals surface area contributed by atoms with Gasteiger partial charge in [-0.3, -0.25) is 9.59 Å². The molecule has 4 bridgehead atoms. The molecule has 20 nitrogen and oxygen atoms in total. The van der Waals surface area contributed by atoms with Gasteiger partial charge in [-0.1, -0.05) is 80.3 Å². The van der Waals surface area contributed by atoms with Crippen LogP contribution in [0.1, 0.15) is 169 Å². The van der Waals surface area contributed by atoms with Gasteiger partial charge in [-0.25, -0.2) is 42.1 Å². The SMILES string of the molecule is COc1ccc2nc3c(nc2c1)O[C@H]1CN(C(=O)[C@H](C(C)(C)C)NC(=O)O[C@@H]2CC4CC4[C@H]2CCCC2CC32)[C@H]([C-]=O)[C@@H]1C.COc1ccc2nc3c(nc2c1)O[C@H]1CN(C(=O)[C@H](C(C)(C)C)NC(=O)O[C@]2(C)CCC[C@H]2CCCC2CC32)[C@H]([C-]=O)[C@@H]1C.[V].[V]. The molecule has 0 spiro atoms. The van der Waals surface area contributed by atoms with E-state index in [-0.39, 0.29) is 97.7 Å². The summed E-state index contributed by atoms with van der Waals surface area (Å²) in [4.78, 5) is 103. The van der Waals surface area contributed by atoms with Crippen molar-refractivity contribution in [2.24, 2.45) is 58.2 Å². The molecule has 4 aliphatic heterocycles. The standard InChI is InChI=1S/C34H43N4O6.C34H45N4O6.2V/c1-17-26(16-39)38-15-28(17)43-31-29(35-24-10-9-20(42-5)14-25(24)36-31)23-11-18(23)7-6-8-21-22-12-19(22)13-27(21)44-33(41)37-30(32(38)40)34(2,3)4;1-19-26(18-39)38-17-27(19)43-30-28(35-24-13-12-22(42-6)16-25(24)36-30)23-15-20(23)9-7-10-21-11-8-14-34(21,5)44-32(41)37-29(31(38)40)33(2,3)4;;/h9-10,14,17-19,21-23,26-28,30H,6-8,11-13,15H2,1-5H3,(H,37,41);12-13,16,19-21,23,26-27,29H,7-11,14-15,17H2,1-6H3,(H,37,41);;/q2*-1;;/t17-,18?,19?,21+,22?,23?,26+,27+,28-,30+;19-,20?,21+,23?,26+,27-,29+,34+;;/m00../s1. The second-order valence-electron chi connectivity index (χ2n) is 29.4. The number of rotatable bonds is 4. The minimum absolute atomic E-state index is 0. The number of amides is 4. The van der Waals surface area contributed by atoms with Crippen LogP contribution in [0.2, 0.25) is 0 Å². The van der Waals surface area contributed by atoms with Crippen LogP contribution in [0.4, 0.5) is 9.59 Å². The Balaban J connectivity index is 0.000000194. The van der Waals surface area contributed by atoms with Crippen molar-refractivity contribution in [1.29, 1.82) is 0 Å². The van der Waals surface area contributed by atoms with Crippen molar-refractivity contribution in [3.8, 4) is 23.3 Å². The Morgan fingerprint density at radius 1 is 0.567 bits per heavy atom. The first-order valence-corrected chi connectivity index (χ1v) is 32.3. The number of aromatic nitrogens is 4. The smallest absolute Gasteiger partial charge is 0.408 e. The molecule has 5 aliphatic carbocycles. The minimum Gasteiger partial charge on any atom is -0.540 e. The molecular formula is C68H88N8O12V2-2. The summed E-state index contributed by atoms with van der Waals surface area (Å²) in [5.41, 5.74) is 2.73. The van der Waals surface area contributed by atoms with Gasteiger partial charge in [-0.05, 0) is 160 Å². The molecule has 6 unspecified atom stereocenters. The van der Waals surface area contributed by atoms with E-state index in [4.69, 9.17) is 48.4 Å². The molecule has 9 aliphatic rings. The molecule has 484 valence electrons. The molecule has 6 heterocycles. The number of hydrogen-bond donors (Lipinski definition) is 2. The van der Waals surface area contributed by atoms with Crippen LogP contribution >= 0.6 is 0 Å². The Bertz CT molecular complexity index is 3250. The van der Waals surface area contributed by atoms with Gasteiger partial charge in [0.25, 0.3) is 0 Å². The fourth-order valence-electron chi connectivity index (χ4n) is 15.7. The van der Waals surface area contributed by atoms with Gasteiger partial charge in [0.15, 0.2) is 0 Å². The van der Waals surface area contributed by atoms with E-state index in [1.54, 1.807) is 14.2 Å². The van der Waals surface area contributed by atoms with Gasteiger partial charge in [0.05, 0.1) is 49.4 Å². The second-order valence-corrected chi connectivity index (χ2v) is 29.4. The molecule has 4 aromatic rings. The maximum Gasteiger partial charge on any atom is 0.408 e. The first-order valence-electron chi connectivity index (χ1n) is 32.3. The zero-order valence-corrected chi connectivity index (χ0v) is 56.7. The van der Waals surface area contributed by atoms with Crippen LogP contribution in [0.3, 0.4) is 0 Å². The van der Waals surface area contributed by atoms with Crippen LogP contribution in [0.25, 0.3) is 22.1 Å². The monoisotopic (exact) mass is 1310 g/mol. The molecular weight excluding hydrogens is 1220 g/mol. The Kier molecular flexibility index (Phi) is 19.7. The number of alkyl carbamates (subject to hydrolysis) is 2. The average molecular weight is 1310 g/mol. The first kappa shape index (κ1) is 67.2. The van der Waals surface area contributed by atoms with Crippen LogP contribution < -0.4 is 29.6 Å². The number of ether oxygens (including phenoxy) is 6. The Labute approximate surface area is 552 Å². The predicted octanol–water partition coefficient (Wildman–Crippen LogP) is 10.1. The molecule has 2 aromatic carbocycles. The van der Waals surface area contributed by atoms with Crippen molar-refractivity contribution in [3.05, 3.63) is 47.8 Å². The van der Waals surface area contributed by atoms with Crippen molar-refractivity contribution >= 4 is 58.6 Å². The first-order chi connectivity index (χ1) is 42.0. The molecule has 2 radical (unpaired) electrons. The number of nitrogens with one attached hydrogen (secondary N) is 2. The van der Waals surface area contributed by atoms with Gasteiger partial charge in [-0.15, -0.1) is 0 Å². The Morgan fingerprint density at radius 2 is 1.04 bits per heavy atom. The van der Waals surface area contributed by atoms with E-state index in [0.29, 0.717) is 63.9 Å². The summed E-state index contributed by atoms with van der Waals surface area (Å²) in [5.74, 6) is 4.19. The Morgan fingerprint density at radius 3 is 1.52 bits per heavy atom. The van der Waals surface area contributed by atoms with Gasteiger partial charge in [-0.2, -0.15) is 0 Å². The molecule has 18 atom stereocenters. The number of benzene rings is 2. The zero-order chi connectivity index (χ0) is 62.3. The van der Waals surface area contributed by atoms with E-state index in [0.717, 1.165) is 99.5 Å². The van der Waals surface area contributed by atoms with E-state index in [9.17, 15) is 28.8 Å². The summed E-state index contributed by atoms with van der Waals surface area (Å²) >= 11 is 0. The van der Waals surface area contributed by atoms with Crippen molar-refractivity contribution in [2.45, 2.75) is 206 Å². The van der Waals surface area contributed by atoms with Gasteiger partial charge in [0.2, 0.25) is 23.6 Å². The molecule has 90 heavy (non-hydrogen) atoms. The number of nitrogens with zero attached hydrogens (tertiary/aromatic N) is 6. The summed E-state index contributed by atoms with van der Waals surface area (Å²) in [7, 11) is 3.23.